The van der Waals surface area contributed by atoms with Crippen LogP contribution in [0.2, 0.25) is 0 Å². The SMILES string of the molecule is Cc1cc2c(N)noc2cc1C(C)C. The molecule has 0 bridgehead atoms. The highest BCUT2D eigenvalue weighted by Gasteiger charge is 2.10. The van der Waals surface area contributed by atoms with E-state index >= 15 is 0 Å². The quantitative estimate of drug-likeness (QED) is 0.752. The smallest absolute Gasteiger partial charge is 0.174 e. The topological polar surface area (TPSA) is 52.0 Å². The van der Waals surface area contributed by atoms with E-state index in [-0.39, 0.29) is 0 Å². The van der Waals surface area contributed by atoms with Gasteiger partial charge in [0.05, 0.1) is 5.39 Å². The van der Waals surface area contributed by atoms with E-state index in [1.165, 1.54) is 11.1 Å². The molecule has 0 radical (unpaired) electrons. The van der Waals surface area contributed by atoms with Gasteiger partial charge in [0.15, 0.2) is 11.4 Å². The Morgan fingerprint density at radius 3 is 2.71 bits per heavy atom. The third-order valence-corrected chi connectivity index (χ3v) is 2.51. The predicted molar refractivity (Wildman–Crippen MR) is 57.2 cm³/mol. The van der Waals surface area contributed by atoms with E-state index in [0.29, 0.717) is 11.7 Å². The molecule has 0 spiro atoms. The van der Waals surface area contributed by atoms with Gasteiger partial charge in [0, 0.05) is 0 Å². The Morgan fingerprint density at radius 2 is 2.07 bits per heavy atom. The minimum absolute atomic E-state index is 0.471. The van der Waals surface area contributed by atoms with Crippen LogP contribution >= 0.6 is 0 Å². The zero-order chi connectivity index (χ0) is 10.3. The number of rotatable bonds is 1. The standard InChI is InChI=1S/C11H14N2O/c1-6(2)8-5-10-9(4-7(8)3)11(12)13-14-10/h4-6H,1-3H3,(H2,12,13). The molecule has 0 aliphatic carbocycles. The summed E-state index contributed by atoms with van der Waals surface area (Å²) in [5.74, 6) is 0.962. The average molecular weight is 190 g/mol. The van der Waals surface area contributed by atoms with Crippen LogP contribution in [0.25, 0.3) is 11.0 Å². The van der Waals surface area contributed by atoms with Crippen LogP contribution < -0.4 is 5.73 Å². The maximum atomic E-state index is 5.67. The number of hydrogen-bond donors (Lipinski definition) is 1. The molecule has 2 rings (SSSR count). The molecule has 0 amide bonds. The molecule has 2 N–H and O–H groups in total. The lowest BCUT2D eigenvalue weighted by Crippen LogP contribution is -1.92. The van der Waals surface area contributed by atoms with Crippen LogP contribution in [0, 0.1) is 6.92 Å². The summed E-state index contributed by atoms with van der Waals surface area (Å²) in [6.07, 6.45) is 0. The van der Waals surface area contributed by atoms with Gasteiger partial charge in [0.2, 0.25) is 0 Å². The fourth-order valence-corrected chi connectivity index (χ4v) is 1.75. The van der Waals surface area contributed by atoms with Gasteiger partial charge in [-0.05, 0) is 36.1 Å². The van der Waals surface area contributed by atoms with E-state index in [0.717, 1.165) is 11.0 Å². The summed E-state index contributed by atoms with van der Waals surface area (Å²) in [6.45, 7) is 6.41. The minimum Gasteiger partial charge on any atom is -0.380 e. The van der Waals surface area contributed by atoms with E-state index in [2.05, 4.69) is 25.9 Å². The monoisotopic (exact) mass is 190 g/mol. The number of aromatic nitrogens is 1. The molecule has 1 aromatic heterocycles. The lowest BCUT2D eigenvalue weighted by Gasteiger charge is -2.08. The van der Waals surface area contributed by atoms with E-state index in [1.54, 1.807) is 0 Å². The molecule has 3 nitrogen and oxygen atoms in total. The number of fused-ring (bicyclic) bond motifs is 1. The molecule has 0 aliphatic rings. The Morgan fingerprint density at radius 1 is 1.36 bits per heavy atom. The van der Waals surface area contributed by atoms with Crippen LogP contribution in [0.3, 0.4) is 0 Å². The highest BCUT2D eigenvalue weighted by Crippen LogP contribution is 2.27. The third-order valence-electron chi connectivity index (χ3n) is 2.51. The highest BCUT2D eigenvalue weighted by atomic mass is 16.5. The van der Waals surface area contributed by atoms with Crippen LogP contribution in [-0.4, -0.2) is 5.16 Å². The third kappa shape index (κ3) is 1.25. The number of nitrogen functional groups attached to an aromatic ring is 1. The van der Waals surface area contributed by atoms with Crippen molar-refractivity contribution in [1.29, 1.82) is 0 Å². The second-order valence-corrected chi connectivity index (χ2v) is 3.93. The fraction of sp³-hybridized carbons (Fsp3) is 0.364. The number of benzene rings is 1. The molecule has 14 heavy (non-hydrogen) atoms. The van der Waals surface area contributed by atoms with Crippen LogP contribution in [0.15, 0.2) is 16.7 Å². The summed E-state index contributed by atoms with van der Waals surface area (Å²) in [5.41, 5.74) is 8.97. The summed E-state index contributed by atoms with van der Waals surface area (Å²) >= 11 is 0. The maximum Gasteiger partial charge on any atom is 0.174 e. The molecule has 1 aromatic carbocycles. The van der Waals surface area contributed by atoms with Crippen LogP contribution in [0.5, 0.6) is 0 Å². The first kappa shape index (κ1) is 9.06. The zero-order valence-corrected chi connectivity index (χ0v) is 8.66. The molecule has 0 fully saturated rings. The first-order chi connectivity index (χ1) is 6.59. The van der Waals surface area contributed by atoms with Gasteiger partial charge in [-0.2, -0.15) is 0 Å². The first-order valence-corrected chi connectivity index (χ1v) is 4.75. The Bertz CT molecular complexity index is 471. The van der Waals surface area contributed by atoms with Gasteiger partial charge < -0.3 is 10.3 Å². The van der Waals surface area contributed by atoms with Gasteiger partial charge in [-0.15, -0.1) is 0 Å². The van der Waals surface area contributed by atoms with E-state index in [9.17, 15) is 0 Å². The van der Waals surface area contributed by atoms with E-state index in [4.69, 9.17) is 10.3 Å². The molecular formula is C11H14N2O. The van der Waals surface area contributed by atoms with E-state index < -0.39 is 0 Å². The molecule has 0 atom stereocenters. The zero-order valence-electron chi connectivity index (χ0n) is 8.66. The van der Waals surface area contributed by atoms with Crippen molar-refractivity contribution >= 4 is 16.8 Å². The molecule has 0 saturated carbocycles. The second kappa shape index (κ2) is 3.01. The second-order valence-electron chi connectivity index (χ2n) is 3.93. The summed E-state index contributed by atoms with van der Waals surface area (Å²) < 4.78 is 5.12. The van der Waals surface area contributed by atoms with Gasteiger partial charge in [0.25, 0.3) is 0 Å². The first-order valence-electron chi connectivity index (χ1n) is 4.75. The fourth-order valence-electron chi connectivity index (χ4n) is 1.75. The van der Waals surface area contributed by atoms with Crippen molar-refractivity contribution in [1.82, 2.24) is 5.16 Å². The maximum absolute atomic E-state index is 5.67. The van der Waals surface area contributed by atoms with Crippen molar-refractivity contribution in [3.63, 3.8) is 0 Å². The van der Waals surface area contributed by atoms with Crippen molar-refractivity contribution in [2.75, 3.05) is 5.73 Å². The Labute approximate surface area is 82.9 Å². The highest BCUT2D eigenvalue weighted by molar-refractivity contribution is 5.88. The Kier molecular flexibility index (Phi) is 1.95. The largest absolute Gasteiger partial charge is 0.380 e. The molecule has 0 unspecified atom stereocenters. The van der Waals surface area contributed by atoms with Gasteiger partial charge >= 0.3 is 0 Å². The number of nitrogens with two attached hydrogens (primary N) is 1. The number of anilines is 1. The van der Waals surface area contributed by atoms with Crippen LogP contribution in [-0.2, 0) is 0 Å². The van der Waals surface area contributed by atoms with Crippen molar-refractivity contribution in [2.24, 2.45) is 0 Å². The van der Waals surface area contributed by atoms with Crippen molar-refractivity contribution < 1.29 is 4.52 Å². The summed E-state index contributed by atoms with van der Waals surface area (Å²) in [6, 6.07) is 4.06. The normalized spacial score (nSPS) is 11.4. The molecule has 74 valence electrons. The van der Waals surface area contributed by atoms with Crippen molar-refractivity contribution in [3.8, 4) is 0 Å². The molecule has 3 heteroatoms. The average Bonchev–Trinajstić information content (AvgIpc) is 2.46. The number of nitrogens with zero attached hydrogens (tertiary/aromatic N) is 1. The molecule has 0 saturated heterocycles. The lowest BCUT2D eigenvalue weighted by molar-refractivity contribution is 0.460. The summed E-state index contributed by atoms with van der Waals surface area (Å²) in [4.78, 5) is 0. The molecule has 1 heterocycles. The predicted octanol–water partition coefficient (Wildman–Crippen LogP) is 2.84. The van der Waals surface area contributed by atoms with Gasteiger partial charge in [0.1, 0.15) is 0 Å². The van der Waals surface area contributed by atoms with Gasteiger partial charge in [-0.3, -0.25) is 0 Å². The van der Waals surface area contributed by atoms with E-state index in [1.807, 2.05) is 12.1 Å². The van der Waals surface area contributed by atoms with Gasteiger partial charge in [-0.25, -0.2) is 0 Å². The van der Waals surface area contributed by atoms with Crippen LogP contribution in [0.1, 0.15) is 30.9 Å². The minimum atomic E-state index is 0.471. The Balaban J connectivity index is 2.72. The molecular weight excluding hydrogens is 176 g/mol. The molecule has 0 aliphatic heterocycles. The summed E-state index contributed by atoms with van der Waals surface area (Å²) in [7, 11) is 0. The van der Waals surface area contributed by atoms with Crippen molar-refractivity contribution in [2.45, 2.75) is 26.7 Å². The molecule has 2 aromatic rings. The van der Waals surface area contributed by atoms with Gasteiger partial charge in [-0.1, -0.05) is 19.0 Å². The summed E-state index contributed by atoms with van der Waals surface area (Å²) in [5, 5.41) is 4.65. The number of aryl methyl sites for hydroxylation is 1. The Hall–Kier alpha value is -1.51. The lowest BCUT2D eigenvalue weighted by atomic mass is 9.97. The van der Waals surface area contributed by atoms with Crippen LogP contribution in [0.4, 0.5) is 5.82 Å². The number of hydrogen-bond acceptors (Lipinski definition) is 3. The van der Waals surface area contributed by atoms with Crippen molar-refractivity contribution in [3.05, 3.63) is 23.3 Å².